The van der Waals surface area contributed by atoms with E-state index in [2.05, 4.69) is 6.58 Å². The molecular formula is C8H10O4. The lowest BCUT2D eigenvalue weighted by atomic mass is 10.2. The predicted molar refractivity (Wildman–Crippen MR) is 40.0 cm³/mol. The van der Waals surface area contributed by atoms with E-state index in [1.54, 1.807) is 0 Å². The molecule has 0 aliphatic carbocycles. The zero-order valence-electron chi connectivity index (χ0n) is 6.62. The zero-order chi connectivity index (χ0) is 8.97. The van der Waals surface area contributed by atoms with E-state index in [4.69, 9.17) is 9.47 Å². The topological polar surface area (TPSA) is 52.6 Å². The summed E-state index contributed by atoms with van der Waals surface area (Å²) in [5, 5.41) is 0. The molecule has 0 amide bonds. The van der Waals surface area contributed by atoms with Crippen molar-refractivity contribution in [2.45, 2.75) is 25.6 Å². The summed E-state index contributed by atoms with van der Waals surface area (Å²) < 4.78 is 9.44. The van der Waals surface area contributed by atoms with E-state index in [1.807, 2.05) is 0 Å². The average molecular weight is 170 g/mol. The summed E-state index contributed by atoms with van der Waals surface area (Å²) in [7, 11) is 0. The van der Waals surface area contributed by atoms with Gasteiger partial charge in [-0.2, -0.15) is 0 Å². The number of rotatable bonds is 2. The maximum absolute atomic E-state index is 10.7. The van der Waals surface area contributed by atoms with E-state index in [9.17, 15) is 9.59 Å². The first-order chi connectivity index (χ1) is 5.72. The smallest absolute Gasteiger partial charge is 0.333 e. The Morgan fingerprint density at radius 2 is 2.50 bits per heavy atom. The van der Waals surface area contributed by atoms with Crippen LogP contribution in [-0.2, 0) is 19.1 Å². The molecule has 1 fully saturated rings. The minimum absolute atomic E-state index is 0.317. The molecule has 0 N–H and O–H groups in total. The van der Waals surface area contributed by atoms with E-state index in [0.29, 0.717) is 19.3 Å². The van der Waals surface area contributed by atoms with Crippen molar-refractivity contribution in [3.05, 3.63) is 12.7 Å². The molecule has 1 aliphatic heterocycles. The molecule has 1 aliphatic rings. The molecule has 0 spiro atoms. The highest BCUT2D eigenvalue weighted by molar-refractivity contribution is 5.81. The van der Waals surface area contributed by atoms with Crippen LogP contribution in [0.1, 0.15) is 19.3 Å². The number of cyclic esters (lactones) is 1. The van der Waals surface area contributed by atoms with E-state index < -0.39 is 12.3 Å². The molecule has 1 unspecified atom stereocenters. The van der Waals surface area contributed by atoms with Crippen LogP contribution in [0.2, 0.25) is 0 Å². The van der Waals surface area contributed by atoms with Crippen molar-refractivity contribution in [1.29, 1.82) is 0 Å². The molecule has 1 heterocycles. The monoisotopic (exact) mass is 170 g/mol. The Kier molecular flexibility index (Phi) is 2.85. The highest BCUT2D eigenvalue weighted by atomic mass is 16.7. The second kappa shape index (κ2) is 3.90. The number of hydrogen-bond acceptors (Lipinski definition) is 4. The van der Waals surface area contributed by atoms with Crippen LogP contribution in [0.25, 0.3) is 0 Å². The van der Waals surface area contributed by atoms with Crippen LogP contribution in [0.15, 0.2) is 12.7 Å². The van der Waals surface area contributed by atoms with Crippen molar-refractivity contribution >= 4 is 11.9 Å². The lowest BCUT2D eigenvalue weighted by molar-refractivity contribution is -0.191. The predicted octanol–water partition coefficient (Wildman–Crippen LogP) is 0.769. The summed E-state index contributed by atoms with van der Waals surface area (Å²) >= 11 is 0. The van der Waals surface area contributed by atoms with Gasteiger partial charge in [0.15, 0.2) is 0 Å². The van der Waals surface area contributed by atoms with Gasteiger partial charge in [0.2, 0.25) is 6.29 Å². The molecule has 0 saturated carbocycles. The number of carbonyl (C=O) groups excluding carboxylic acids is 2. The van der Waals surface area contributed by atoms with Crippen LogP contribution in [-0.4, -0.2) is 18.2 Å². The van der Waals surface area contributed by atoms with Crippen LogP contribution in [0, 0.1) is 0 Å². The van der Waals surface area contributed by atoms with Crippen molar-refractivity contribution in [3.63, 3.8) is 0 Å². The van der Waals surface area contributed by atoms with E-state index in [-0.39, 0.29) is 5.97 Å². The van der Waals surface area contributed by atoms with Gasteiger partial charge in [0.05, 0.1) is 0 Å². The molecule has 0 bridgehead atoms. The Morgan fingerprint density at radius 3 is 3.08 bits per heavy atom. The van der Waals surface area contributed by atoms with Crippen LogP contribution >= 0.6 is 0 Å². The van der Waals surface area contributed by atoms with E-state index in [1.165, 1.54) is 0 Å². The fourth-order valence-corrected chi connectivity index (χ4v) is 0.938. The number of hydrogen-bond donors (Lipinski definition) is 0. The van der Waals surface area contributed by atoms with Gasteiger partial charge >= 0.3 is 11.9 Å². The van der Waals surface area contributed by atoms with Crippen molar-refractivity contribution in [2.24, 2.45) is 0 Å². The van der Waals surface area contributed by atoms with Gasteiger partial charge in [0.25, 0.3) is 0 Å². The van der Waals surface area contributed by atoms with Gasteiger partial charge in [0, 0.05) is 18.9 Å². The van der Waals surface area contributed by atoms with E-state index >= 15 is 0 Å². The van der Waals surface area contributed by atoms with Crippen LogP contribution in [0.5, 0.6) is 0 Å². The Bertz CT molecular complexity index is 209. The molecule has 4 heteroatoms. The zero-order valence-corrected chi connectivity index (χ0v) is 6.62. The lowest BCUT2D eigenvalue weighted by Crippen LogP contribution is -2.27. The second-order valence-electron chi connectivity index (χ2n) is 2.45. The first-order valence-electron chi connectivity index (χ1n) is 3.75. The number of ether oxygens (including phenoxy) is 2. The Labute approximate surface area is 70.1 Å². The standard InChI is InChI=1S/C8H10O4/c1-2-6(9)11-8-5-3-4-7(10)12-8/h2,8H,1,3-5H2. The maximum atomic E-state index is 10.7. The minimum atomic E-state index is -0.711. The maximum Gasteiger partial charge on any atom is 0.333 e. The Balaban J connectivity index is 2.36. The summed E-state index contributed by atoms with van der Waals surface area (Å²) in [5.74, 6) is -0.877. The molecule has 4 nitrogen and oxygen atoms in total. The third-order valence-electron chi connectivity index (χ3n) is 1.50. The largest absolute Gasteiger partial charge is 0.425 e. The van der Waals surface area contributed by atoms with E-state index in [0.717, 1.165) is 6.08 Å². The van der Waals surface area contributed by atoms with Crippen molar-refractivity contribution in [2.75, 3.05) is 0 Å². The van der Waals surface area contributed by atoms with Crippen LogP contribution in [0.3, 0.4) is 0 Å². The van der Waals surface area contributed by atoms with Gasteiger partial charge in [0.1, 0.15) is 0 Å². The summed E-state index contributed by atoms with van der Waals surface area (Å²) in [6, 6.07) is 0. The van der Waals surface area contributed by atoms with Crippen molar-refractivity contribution < 1.29 is 19.1 Å². The molecule has 0 radical (unpaired) electrons. The first-order valence-corrected chi connectivity index (χ1v) is 3.75. The fraction of sp³-hybridized carbons (Fsp3) is 0.500. The van der Waals surface area contributed by atoms with Crippen molar-refractivity contribution in [1.82, 2.24) is 0 Å². The first kappa shape index (κ1) is 8.77. The molecule has 1 saturated heterocycles. The summed E-state index contributed by atoms with van der Waals surface area (Å²) in [4.78, 5) is 21.4. The highest BCUT2D eigenvalue weighted by Crippen LogP contribution is 2.14. The Hall–Kier alpha value is -1.32. The van der Waals surface area contributed by atoms with Gasteiger partial charge in [-0.15, -0.1) is 0 Å². The number of carbonyl (C=O) groups is 2. The van der Waals surface area contributed by atoms with Gasteiger partial charge in [-0.05, 0) is 6.42 Å². The molecule has 66 valence electrons. The quantitative estimate of drug-likeness (QED) is 0.453. The molecule has 0 aromatic rings. The molecule has 0 aromatic heterocycles. The third kappa shape index (κ3) is 2.38. The molecule has 1 rings (SSSR count). The molecule has 12 heavy (non-hydrogen) atoms. The normalized spacial score (nSPS) is 22.7. The van der Waals surface area contributed by atoms with Gasteiger partial charge in [-0.1, -0.05) is 6.58 Å². The lowest BCUT2D eigenvalue weighted by Gasteiger charge is -2.20. The summed E-state index contributed by atoms with van der Waals surface area (Å²) in [5.41, 5.74) is 0. The average Bonchev–Trinajstić information content (AvgIpc) is 2.04. The van der Waals surface area contributed by atoms with Crippen LogP contribution < -0.4 is 0 Å². The van der Waals surface area contributed by atoms with Gasteiger partial charge in [-0.3, -0.25) is 4.79 Å². The summed E-state index contributed by atoms with van der Waals surface area (Å²) in [6.45, 7) is 3.23. The van der Waals surface area contributed by atoms with Gasteiger partial charge < -0.3 is 9.47 Å². The van der Waals surface area contributed by atoms with Crippen molar-refractivity contribution in [3.8, 4) is 0 Å². The number of esters is 2. The highest BCUT2D eigenvalue weighted by Gasteiger charge is 2.22. The molecular weight excluding hydrogens is 160 g/mol. The second-order valence-corrected chi connectivity index (χ2v) is 2.45. The molecule has 0 aromatic carbocycles. The Morgan fingerprint density at radius 1 is 1.75 bits per heavy atom. The third-order valence-corrected chi connectivity index (χ3v) is 1.50. The fourth-order valence-electron chi connectivity index (χ4n) is 0.938. The SMILES string of the molecule is C=CC(=O)OC1CCCC(=O)O1. The minimum Gasteiger partial charge on any atom is -0.425 e. The molecule has 1 atom stereocenters. The summed E-state index contributed by atoms with van der Waals surface area (Å²) in [6.07, 6.45) is 2.01. The van der Waals surface area contributed by atoms with Crippen LogP contribution in [0.4, 0.5) is 0 Å². The van der Waals surface area contributed by atoms with Gasteiger partial charge in [-0.25, -0.2) is 4.79 Å².